The average molecular weight is 597 g/mol. The maximum Gasteiger partial charge on any atom is 0.407 e. The molecule has 194 valence electrons. The highest BCUT2D eigenvalue weighted by Crippen LogP contribution is 2.10. The van der Waals surface area contributed by atoms with E-state index in [-0.39, 0.29) is 24.3 Å². The van der Waals surface area contributed by atoms with Gasteiger partial charge in [0, 0.05) is 16.5 Å². The molecule has 2 aromatic carbocycles. The predicted molar refractivity (Wildman–Crippen MR) is 151 cm³/mol. The van der Waals surface area contributed by atoms with Gasteiger partial charge in [0.15, 0.2) is 0 Å². The zero-order chi connectivity index (χ0) is 26.5. The number of halogens is 1. The maximum absolute atomic E-state index is 11.7. The number of nitrogens with one attached hydrogen (secondary N) is 2. The third-order valence-corrected chi connectivity index (χ3v) is 5.44. The van der Waals surface area contributed by atoms with E-state index in [1.54, 1.807) is 0 Å². The lowest BCUT2D eigenvalue weighted by atomic mass is 10.1. The Kier molecular flexibility index (Phi) is 13.1. The summed E-state index contributed by atoms with van der Waals surface area (Å²) in [5, 5.41) is 5.73. The van der Waals surface area contributed by atoms with Gasteiger partial charge < -0.3 is 20.1 Å². The Morgan fingerprint density at radius 3 is 1.54 bits per heavy atom. The third kappa shape index (κ3) is 16.1. The van der Waals surface area contributed by atoms with Gasteiger partial charge in [-0.25, -0.2) is 9.59 Å². The van der Waals surface area contributed by atoms with Crippen molar-refractivity contribution in [1.29, 1.82) is 0 Å². The van der Waals surface area contributed by atoms with Crippen molar-refractivity contribution in [1.82, 2.24) is 10.6 Å². The normalized spacial score (nSPS) is 12.9. The smallest absolute Gasteiger partial charge is 0.407 e. The molecule has 0 aliphatic heterocycles. The number of carbonyl (C=O) groups is 2. The highest BCUT2D eigenvalue weighted by molar-refractivity contribution is 14.1. The van der Waals surface area contributed by atoms with Gasteiger partial charge in [-0.3, -0.25) is 0 Å². The fraction of sp³-hybridized carbons (Fsp3) is 0.500. The van der Waals surface area contributed by atoms with E-state index in [0.717, 1.165) is 17.3 Å². The van der Waals surface area contributed by atoms with Crippen LogP contribution in [0.25, 0.3) is 0 Å². The molecule has 0 spiro atoms. The largest absolute Gasteiger partial charge is 0.444 e. The molecule has 6 nitrogen and oxygen atoms in total. The Bertz CT molecular complexity index is 877. The van der Waals surface area contributed by atoms with Crippen molar-refractivity contribution in [3.8, 4) is 0 Å². The van der Waals surface area contributed by atoms with Crippen molar-refractivity contribution in [3.05, 3.63) is 71.8 Å². The van der Waals surface area contributed by atoms with Crippen molar-refractivity contribution < 1.29 is 19.1 Å². The van der Waals surface area contributed by atoms with Crippen LogP contribution in [0.4, 0.5) is 9.59 Å². The van der Waals surface area contributed by atoms with Crippen LogP contribution in [-0.4, -0.2) is 39.9 Å². The van der Waals surface area contributed by atoms with Crippen LogP contribution in [0, 0.1) is 0 Å². The Balaban J connectivity index is 0.000000351. The molecule has 0 saturated heterocycles. The second-order valence-corrected chi connectivity index (χ2v) is 11.3. The van der Waals surface area contributed by atoms with Gasteiger partial charge in [-0.15, -0.1) is 0 Å². The predicted octanol–water partition coefficient (Wildman–Crippen LogP) is 6.70. The SMILES string of the molecule is CC(C)(C)OC(=O)N[C@H](CI)Cc1ccccc1.C[C@H](Cc1ccccc1)NC(=O)OC(C)(C)C. The Hall–Kier alpha value is -2.29. The van der Waals surface area contributed by atoms with Crippen LogP contribution in [0.1, 0.15) is 59.6 Å². The molecule has 2 amide bonds. The molecule has 35 heavy (non-hydrogen) atoms. The first-order valence-electron chi connectivity index (χ1n) is 11.9. The van der Waals surface area contributed by atoms with Crippen LogP contribution >= 0.6 is 22.6 Å². The van der Waals surface area contributed by atoms with Crippen LogP contribution in [0.2, 0.25) is 0 Å². The van der Waals surface area contributed by atoms with Crippen LogP contribution in [0.5, 0.6) is 0 Å². The number of ether oxygens (including phenoxy) is 2. The molecule has 2 N–H and O–H groups in total. The zero-order valence-electron chi connectivity index (χ0n) is 22.1. The standard InChI is InChI=1S/C14H20INO2.C14H21NO2/c1-14(2,3)18-13(17)16-12(10-15)9-11-7-5-4-6-8-11;1-11(10-12-8-6-5-7-9-12)15-13(16)17-14(2,3)4/h4-8,12H,9-10H2,1-3H3,(H,16,17);5-9,11H,10H2,1-4H3,(H,15,16)/t12-;11-/m01/s1. The molecule has 0 aliphatic carbocycles. The summed E-state index contributed by atoms with van der Waals surface area (Å²) in [6.07, 6.45) is 0.921. The van der Waals surface area contributed by atoms with Crippen molar-refractivity contribution in [2.75, 3.05) is 4.43 Å². The molecule has 0 fully saturated rings. The van der Waals surface area contributed by atoms with E-state index in [9.17, 15) is 9.59 Å². The van der Waals surface area contributed by atoms with E-state index in [4.69, 9.17) is 9.47 Å². The Labute approximate surface area is 224 Å². The Morgan fingerprint density at radius 2 is 1.14 bits per heavy atom. The highest BCUT2D eigenvalue weighted by Gasteiger charge is 2.19. The second-order valence-electron chi connectivity index (χ2n) is 10.4. The van der Waals surface area contributed by atoms with Gasteiger partial charge in [0.2, 0.25) is 0 Å². The van der Waals surface area contributed by atoms with Crippen molar-refractivity contribution in [2.24, 2.45) is 0 Å². The van der Waals surface area contributed by atoms with E-state index < -0.39 is 11.2 Å². The topological polar surface area (TPSA) is 76.7 Å². The Morgan fingerprint density at radius 1 is 0.743 bits per heavy atom. The molecule has 0 heterocycles. The summed E-state index contributed by atoms with van der Waals surface area (Å²) < 4.78 is 11.3. The molecule has 2 aromatic rings. The molecule has 0 unspecified atom stereocenters. The first-order chi connectivity index (χ1) is 16.3. The van der Waals surface area contributed by atoms with Gasteiger partial charge in [0.1, 0.15) is 11.2 Å². The van der Waals surface area contributed by atoms with Crippen LogP contribution in [0.3, 0.4) is 0 Å². The molecule has 2 atom stereocenters. The van der Waals surface area contributed by atoms with Gasteiger partial charge in [0.25, 0.3) is 0 Å². The molecule has 0 aliphatic rings. The number of hydrogen-bond acceptors (Lipinski definition) is 4. The van der Waals surface area contributed by atoms with Gasteiger partial charge in [-0.2, -0.15) is 0 Å². The summed E-state index contributed by atoms with van der Waals surface area (Å²) in [5.74, 6) is 0. The van der Waals surface area contributed by atoms with E-state index in [1.807, 2.05) is 97.0 Å². The van der Waals surface area contributed by atoms with Crippen LogP contribution in [-0.2, 0) is 22.3 Å². The van der Waals surface area contributed by atoms with Crippen LogP contribution < -0.4 is 10.6 Å². The summed E-state index contributed by atoms with van der Waals surface area (Å²) in [6.45, 7) is 13.1. The van der Waals surface area contributed by atoms with Crippen molar-refractivity contribution >= 4 is 34.8 Å². The van der Waals surface area contributed by atoms with E-state index in [2.05, 4.69) is 45.4 Å². The molecule has 0 radical (unpaired) electrons. The minimum Gasteiger partial charge on any atom is -0.444 e. The molecule has 0 bridgehead atoms. The number of alkyl halides is 1. The van der Waals surface area contributed by atoms with Gasteiger partial charge in [-0.05, 0) is 72.4 Å². The summed E-state index contributed by atoms with van der Waals surface area (Å²) in [6, 6.07) is 20.4. The first-order valence-corrected chi connectivity index (χ1v) is 13.4. The minimum atomic E-state index is -0.452. The van der Waals surface area contributed by atoms with Gasteiger partial charge in [0.05, 0.1) is 0 Å². The fourth-order valence-corrected chi connectivity index (χ4v) is 3.58. The minimum absolute atomic E-state index is 0.0623. The second kappa shape index (κ2) is 15.0. The third-order valence-electron chi connectivity index (χ3n) is 4.38. The van der Waals surface area contributed by atoms with Crippen molar-refractivity contribution in [3.63, 3.8) is 0 Å². The summed E-state index contributed by atoms with van der Waals surface area (Å²) >= 11 is 2.28. The summed E-state index contributed by atoms with van der Waals surface area (Å²) in [7, 11) is 0. The number of carbonyl (C=O) groups excluding carboxylic acids is 2. The summed E-state index contributed by atoms with van der Waals surface area (Å²) in [4.78, 5) is 23.2. The average Bonchev–Trinajstić information content (AvgIpc) is 2.72. The van der Waals surface area contributed by atoms with E-state index >= 15 is 0 Å². The zero-order valence-corrected chi connectivity index (χ0v) is 24.2. The van der Waals surface area contributed by atoms with E-state index in [1.165, 1.54) is 11.1 Å². The van der Waals surface area contributed by atoms with Gasteiger partial charge >= 0.3 is 12.2 Å². The number of hydrogen-bond donors (Lipinski definition) is 2. The monoisotopic (exact) mass is 596 g/mol. The number of benzene rings is 2. The highest BCUT2D eigenvalue weighted by atomic mass is 127. The molecular weight excluding hydrogens is 555 g/mol. The number of rotatable bonds is 7. The molecule has 7 heteroatoms. The number of alkyl carbamates (subject to hydrolysis) is 2. The quantitative estimate of drug-likeness (QED) is 0.276. The fourth-order valence-electron chi connectivity index (χ4n) is 3.04. The van der Waals surface area contributed by atoms with E-state index in [0.29, 0.717) is 0 Å². The van der Waals surface area contributed by atoms with Crippen LogP contribution in [0.15, 0.2) is 60.7 Å². The lowest BCUT2D eigenvalue weighted by molar-refractivity contribution is 0.0497. The lowest BCUT2D eigenvalue weighted by Crippen LogP contribution is -2.41. The first kappa shape index (κ1) is 30.7. The molecule has 2 rings (SSSR count). The summed E-state index contributed by atoms with van der Waals surface area (Å²) in [5.41, 5.74) is 1.52. The van der Waals surface area contributed by atoms with Gasteiger partial charge in [-0.1, -0.05) is 83.3 Å². The molecule has 0 aromatic heterocycles. The molecule has 0 saturated carbocycles. The number of amides is 2. The maximum atomic E-state index is 11.7. The lowest BCUT2D eigenvalue weighted by Gasteiger charge is -2.22. The molecular formula is C28H41IN2O4. The van der Waals surface area contributed by atoms with Crippen molar-refractivity contribution in [2.45, 2.75) is 84.6 Å².